The number of benzene rings is 1. The fourth-order valence-electron chi connectivity index (χ4n) is 2.41. The lowest BCUT2D eigenvalue weighted by atomic mass is 9.85. The second kappa shape index (κ2) is 4.94. The van der Waals surface area contributed by atoms with Gasteiger partial charge < -0.3 is 5.32 Å². The van der Waals surface area contributed by atoms with Crippen LogP contribution in [0.25, 0.3) is 10.9 Å². The van der Waals surface area contributed by atoms with E-state index in [0.717, 1.165) is 18.7 Å². The molecular weight excluding hydrogens is 222 g/mol. The number of rotatable bonds is 5. The van der Waals surface area contributed by atoms with Gasteiger partial charge in [0.25, 0.3) is 0 Å². The van der Waals surface area contributed by atoms with Crippen molar-refractivity contribution in [3.05, 3.63) is 42.6 Å². The van der Waals surface area contributed by atoms with Crippen LogP contribution in [0.15, 0.2) is 36.9 Å². The van der Waals surface area contributed by atoms with Crippen LogP contribution >= 0.6 is 0 Å². The second-order valence-corrected chi connectivity index (χ2v) is 5.15. The van der Waals surface area contributed by atoms with Crippen LogP contribution in [0.5, 0.6) is 0 Å². The van der Waals surface area contributed by atoms with Crippen molar-refractivity contribution >= 4 is 10.9 Å². The topological polar surface area (TPSA) is 29.9 Å². The van der Waals surface area contributed by atoms with Gasteiger partial charge in [-0.15, -0.1) is 6.58 Å². The zero-order chi connectivity index (χ0) is 13.2. The minimum absolute atomic E-state index is 0.0336. The number of hydrogen-bond donors (Lipinski definition) is 1. The first-order valence-electron chi connectivity index (χ1n) is 6.28. The third kappa shape index (κ3) is 2.31. The molecule has 2 aromatic rings. The van der Waals surface area contributed by atoms with E-state index in [4.69, 9.17) is 0 Å². The van der Waals surface area contributed by atoms with Crippen LogP contribution in [0.1, 0.15) is 12.6 Å². The number of nitrogens with zero attached hydrogens (tertiary/aromatic N) is 2. The Morgan fingerprint density at radius 2 is 2.17 bits per heavy atom. The lowest BCUT2D eigenvalue weighted by molar-refractivity contribution is 0.401. The van der Waals surface area contributed by atoms with Gasteiger partial charge in [-0.2, -0.15) is 5.10 Å². The highest BCUT2D eigenvalue weighted by Gasteiger charge is 2.23. The Morgan fingerprint density at radius 1 is 1.44 bits per heavy atom. The highest BCUT2D eigenvalue weighted by Crippen LogP contribution is 2.27. The Hall–Kier alpha value is -1.61. The van der Waals surface area contributed by atoms with Gasteiger partial charge in [-0.3, -0.25) is 4.68 Å². The van der Waals surface area contributed by atoms with Gasteiger partial charge in [0.15, 0.2) is 0 Å². The number of fused-ring (bicyclic) bond motifs is 1. The Balaban J connectivity index is 2.40. The molecule has 1 atom stereocenters. The molecule has 0 aliphatic heterocycles. The maximum atomic E-state index is 4.65. The zero-order valence-corrected chi connectivity index (χ0v) is 11.4. The minimum atomic E-state index is 0.0336. The monoisotopic (exact) mass is 243 g/mol. The zero-order valence-electron chi connectivity index (χ0n) is 11.4. The number of nitrogens with one attached hydrogen (secondary N) is 1. The fraction of sp³-hybridized carbons (Fsp3) is 0.400. The first-order chi connectivity index (χ1) is 8.59. The molecule has 0 saturated heterocycles. The summed E-state index contributed by atoms with van der Waals surface area (Å²) in [5.74, 6) is 0. The molecule has 1 unspecified atom stereocenters. The standard InChI is InChI=1S/C15H21N3/c1-5-15(2,11-16-3)10-13-12-8-6-7-9-14(12)18(4)17-13/h5-9,16H,1,10-11H2,2-4H3. The first-order valence-corrected chi connectivity index (χ1v) is 6.28. The molecule has 0 aliphatic rings. The average molecular weight is 243 g/mol. The summed E-state index contributed by atoms with van der Waals surface area (Å²) in [5.41, 5.74) is 2.36. The summed E-state index contributed by atoms with van der Waals surface area (Å²) >= 11 is 0. The van der Waals surface area contributed by atoms with Gasteiger partial charge in [-0.05, 0) is 13.1 Å². The normalized spacial score (nSPS) is 14.6. The summed E-state index contributed by atoms with van der Waals surface area (Å²) in [6, 6.07) is 8.36. The van der Waals surface area contributed by atoms with Gasteiger partial charge in [-0.1, -0.05) is 31.2 Å². The molecule has 1 N–H and O–H groups in total. The van der Waals surface area contributed by atoms with Crippen molar-refractivity contribution in [1.82, 2.24) is 15.1 Å². The maximum Gasteiger partial charge on any atom is 0.0712 e. The van der Waals surface area contributed by atoms with Crippen molar-refractivity contribution in [3.8, 4) is 0 Å². The van der Waals surface area contributed by atoms with E-state index in [1.807, 2.05) is 30.9 Å². The molecule has 0 radical (unpaired) electrons. The highest BCUT2D eigenvalue weighted by molar-refractivity contribution is 5.81. The Labute approximate surface area is 109 Å². The van der Waals surface area contributed by atoms with Crippen molar-refractivity contribution in [2.45, 2.75) is 13.3 Å². The quantitative estimate of drug-likeness (QED) is 0.818. The number of aryl methyl sites for hydroxylation is 1. The number of hydrogen-bond acceptors (Lipinski definition) is 2. The van der Waals surface area contributed by atoms with E-state index in [9.17, 15) is 0 Å². The van der Waals surface area contributed by atoms with E-state index in [0.29, 0.717) is 0 Å². The van der Waals surface area contributed by atoms with Gasteiger partial charge in [0.05, 0.1) is 11.2 Å². The van der Waals surface area contributed by atoms with Crippen LogP contribution in [-0.2, 0) is 13.5 Å². The SMILES string of the molecule is C=CC(C)(CNC)Cc1nn(C)c2ccccc12. The molecule has 3 nitrogen and oxygen atoms in total. The molecule has 18 heavy (non-hydrogen) atoms. The molecule has 0 aliphatic carbocycles. The van der Waals surface area contributed by atoms with Crippen molar-refractivity contribution in [2.75, 3.05) is 13.6 Å². The predicted molar refractivity (Wildman–Crippen MR) is 76.6 cm³/mol. The van der Waals surface area contributed by atoms with Crippen molar-refractivity contribution in [3.63, 3.8) is 0 Å². The van der Waals surface area contributed by atoms with Crippen LogP contribution in [0, 0.1) is 5.41 Å². The Kier molecular flexibility index (Phi) is 3.53. The summed E-state index contributed by atoms with van der Waals surface area (Å²) in [4.78, 5) is 0. The molecule has 0 fully saturated rings. The van der Waals surface area contributed by atoms with Crippen molar-refractivity contribution < 1.29 is 0 Å². The van der Waals surface area contributed by atoms with Crippen LogP contribution in [-0.4, -0.2) is 23.4 Å². The van der Waals surface area contributed by atoms with Crippen LogP contribution < -0.4 is 5.32 Å². The summed E-state index contributed by atoms with van der Waals surface area (Å²) in [6.07, 6.45) is 2.92. The van der Waals surface area contributed by atoms with Gasteiger partial charge in [0.1, 0.15) is 0 Å². The summed E-state index contributed by atoms with van der Waals surface area (Å²) in [6.45, 7) is 7.07. The molecule has 0 bridgehead atoms. The van der Waals surface area contributed by atoms with E-state index in [-0.39, 0.29) is 5.41 Å². The molecule has 1 aromatic heterocycles. The molecular formula is C15H21N3. The summed E-state index contributed by atoms with van der Waals surface area (Å²) < 4.78 is 1.95. The first kappa shape index (κ1) is 12.8. The van der Waals surface area contributed by atoms with Gasteiger partial charge in [-0.25, -0.2) is 0 Å². The summed E-state index contributed by atoms with van der Waals surface area (Å²) in [5, 5.41) is 9.11. The van der Waals surface area contributed by atoms with Gasteiger partial charge in [0.2, 0.25) is 0 Å². The molecule has 3 heteroatoms. The predicted octanol–water partition coefficient (Wildman–Crippen LogP) is 2.53. The maximum absolute atomic E-state index is 4.65. The van der Waals surface area contributed by atoms with E-state index >= 15 is 0 Å². The van der Waals surface area contributed by atoms with Crippen LogP contribution in [0.4, 0.5) is 0 Å². The average Bonchev–Trinajstić information content (AvgIpc) is 2.67. The molecule has 0 amide bonds. The van der Waals surface area contributed by atoms with Crippen LogP contribution in [0.2, 0.25) is 0 Å². The Bertz CT molecular complexity index is 556. The lowest BCUT2D eigenvalue weighted by Crippen LogP contribution is -2.30. The van der Waals surface area contributed by atoms with E-state index < -0.39 is 0 Å². The second-order valence-electron chi connectivity index (χ2n) is 5.15. The molecule has 1 heterocycles. The van der Waals surface area contributed by atoms with Gasteiger partial charge in [0, 0.05) is 30.8 Å². The molecule has 0 spiro atoms. The minimum Gasteiger partial charge on any atom is -0.319 e. The smallest absolute Gasteiger partial charge is 0.0712 e. The lowest BCUT2D eigenvalue weighted by Gasteiger charge is -2.24. The highest BCUT2D eigenvalue weighted by atomic mass is 15.3. The third-order valence-corrected chi connectivity index (χ3v) is 3.48. The number of para-hydroxylation sites is 1. The van der Waals surface area contributed by atoms with Crippen LogP contribution in [0.3, 0.4) is 0 Å². The third-order valence-electron chi connectivity index (χ3n) is 3.48. The van der Waals surface area contributed by atoms with Crippen molar-refractivity contribution in [2.24, 2.45) is 12.5 Å². The summed E-state index contributed by atoms with van der Waals surface area (Å²) in [7, 11) is 3.97. The largest absolute Gasteiger partial charge is 0.319 e. The fourth-order valence-corrected chi connectivity index (χ4v) is 2.41. The molecule has 2 rings (SSSR count). The van der Waals surface area contributed by atoms with Gasteiger partial charge >= 0.3 is 0 Å². The molecule has 0 saturated carbocycles. The van der Waals surface area contributed by atoms with E-state index in [2.05, 4.69) is 42.1 Å². The van der Waals surface area contributed by atoms with E-state index in [1.165, 1.54) is 10.9 Å². The molecule has 1 aromatic carbocycles. The number of aromatic nitrogens is 2. The van der Waals surface area contributed by atoms with E-state index in [1.54, 1.807) is 0 Å². The molecule has 96 valence electrons. The Morgan fingerprint density at radius 3 is 2.83 bits per heavy atom. The van der Waals surface area contributed by atoms with Crippen molar-refractivity contribution in [1.29, 1.82) is 0 Å².